The lowest BCUT2D eigenvalue weighted by Gasteiger charge is -2.17. The number of imide groups is 1. The minimum atomic E-state index is -0.722. The molecule has 0 bridgehead atoms. The zero-order valence-corrected chi connectivity index (χ0v) is 17.7. The second-order valence-corrected chi connectivity index (χ2v) is 7.94. The first-order valence-electron chi connectivity index (χ1n) is 10.6. The second-order valence-electron chi connectivity index (χ2n) is 7.94. The molecule has 5 rings (SSSR count). The number of amides is 3. The van der Waals surface area contributed by atoms with Gasteiger partial charge in [-0.15, -0.1) is 0 Å². The van der Waals surface area contributed by atoms with Gasteiger partial charge in [0, 0.05) is 12.2 Å². The van der Waals surface area contributed by atoms with Crippen molar-refractivity contribution in [3.05, 3.63) is 101 Å². The van der Waals surface area contributed by atoms with E-state index in [1.165, 1.54) is 18.2 Å². The van der Waals surface area contributed by atoms with Crippen LogP contribution in [0, 0.1) is 0 Å². The standard InChI is InChI=1S/C26H20N2O5/c29-23(27-13-12-18-8-4-5-9-22(18)27)16-33-26(32)19-10-11-20-21(14-19)25(31)28(24(20)30)15-17-6-2-1-3-7-17/h1-11,14H,12-13,15-16H2. The maximum Gasteiger partial charge on any atom is 0.338 e. The van der Waals surface area contributed by atoms with Crippen LogP contribution in [0.15, 0.2) is 72.8 Å². The molecule has 0 aliphatic carbocycles. The number of ether oxygens (including phenoxy) is 1. The minimum Gasteiger partial charge on any atom is -0.452 e. The average molecular weight is 440 g/mol. The maximum absolute atomic E-state index is 12.8. The van der Waals surface area contributed by atoms with E-state index in [1.807, 2.05) is 54.6 Å². The average Bonchev–Trinajstić information content (AvgIpc) is 3.38. The van der Waals surface area contributed by atoms with Gasteiger partial charge in [-0.3, -0.25) is 19.3 Å². The van der Waals surface area contributed by atoms with Crippen molar-refractivity contribution in [3.8, 4) is 0 Å². The fraction of sp³-hybridized carbons (Fsp3) is 0.154. The molecule has 0 saturated carbocycles. The van der Waals surface area contributed by atoms with Crippen molar-refractivity contribution in [1.29, 1.82) is 0 Å². The van der Waals surface area contributed by atoms with Crippen LogP contribution in [0.25, 0.3) is 0 Å². The molecule has 7 heteroatoms. The molecular weight excluding hydrogens is 420 g/mol. The molecule has 3 aromatic rings. The van der Waals surface area contributed by atoms with E-state index < -0.39 is 24.4 Å². The fourth-order valence-electron chi connectivity index (χ4n) is 4.21. The van der Waals surface area contributed by atoms with E-state index >= 15 is 0 Å². The van der Waals surface area contributed by atoms with Crippen molar-refractivity contribution < 1.29 is 23.9 Å². The highest BCUT2D eigenvalue weighted by atomic mass is 16.5. The minimum absolute atomic E-state index is 0.117. The van der Waals surface area contributed by atoms with E-state index in [0.717, 1.165) is 28.1 Å². The van der Waals surface area contributed by atoms with Crippen molar-refractivity contribution in [3.63, 3.8) is 0 Å². The molecule has 7 nitrogen and oxygen atoms in total. The third kappa shape index (κ3) is 3.78. The van der Waals surface area contributed by atoms with Gasteiger partial charge in [0.1, 0.15) is 0 Å². The topological polar surface area (TPSA) is 84.0 Å². The zero-order chi connectivity index (χ0) is 22.9. The lowest BCUT2D eigenvalue weighted by Crippen LogP contribution is -2.33. The number of hydrogen-bond donors (Lipinski definition) is 0. The molecule has 3 aromatic carbocycles. The Kier molecular flexibility index (Phi) is 5.22. The van der Waals surface area contributed by atoms with Crippen LogP contribution in [-0.4, -0.2) is 41.7 Å². The summed E-state index contributed by atoms with van der Waals surface area (Å²) in [5, 5.41) is 0. The van der Waals surface area contributed by atoms with Gasteiger partial charge in [0.25, 0.3) is 17.7 Å². The predicted octanol–water partition coefficient (Wildman–Crippen LogP) is 3.23. The van der Waals surface area contributed by atoms with Crippen molar-refractivity contribution in [2.24, 2.45) is 0 Å². The van der Waals surface area contributed by atoms with Crippen LogP contribution in [0.3, 0.4) is 0 Å². The van der Waals surface area contributed by atoms with Gasteiger partial charge in [0.2, 0.25) is 0 Å². The highest BCUT2D eigenvalue weighted by Crippen LogP contribution is 2.28. The number of esters is 1. The normalized spacial score (nSPS) is 14.3. The van der Waals surface area contributed by atoms with Crippen molar-refractivity contribution in [1.82, 2.24) is 4.90 Å². The summed E-state index contributed by atoms with van der Waals surface area (Å²) < 4.78 is 5.22. The molecule has 0 fully saturated rings. The summed E-state index contributed by atoms with van der Waals surface area (Å²) in [4.78, 5) is 53.4. The van der Waals surface area contributed by atoms with E-state index in [0.29, 0.717) is 6.54 Å². The molecule has 0 unspecified atom stereocenters. The maximum atomic E-state index is 12.8. The molecule has 2 aliphatic rings. The number of rotatable bonds is 5. The van der Waals surface area contributed by atoms with E-state index in [2.05, 4.69) is 0 Å². The first-order chi connectivity index (χ1) is 16.0. The van der Waals surface area contributed by atoms with Gasteiger partial charge >= 0.3 is 5.97 Å². The summed E-state index contributed by atoms with van der Waals surface area (Å²) >= 11 is 0. The van der Waals surface area contributed by atoms with E-state index in [9.17, 15) is 19.2 Å². The number of para-hydroxylation sites is 1. The summed E-state index contributed by atoms with van der Waals surface area (Å²) in [7, 11) is 0. The van der Waals surface area contributed by atoms with Crippen molar-refractivity contribution >= 4 is 29.4 Å². The SMILES string of the molecule is O=C(OCC(=O)N1CCc2ccccc21)c1ccc2c(c1)C(=O)N(Cc1ccccc1)C2=O. The Bertz CT molecular complexity index is 1280. The number of carbonyl (C=O) groups is 4. The Labute approximate surface area is 190 Å². The van der Waals surface area contributed by atoms with Crippen LogP contribution in [0.1, 0.15) is 42.2 Å². The van der Waals surface area contributed by atoms with Gasteiger partial charge in [-0.2, -0.15) is 0 Å². The van der Waals surface area contributed by atoms with Gasteiger partial charge in [-0.05, 0) is 41.8 Å². The van der Waals surface area contributed by atoms with Crippen molar-refractivity contribution in [2.45, 2.75) is 13.0 Å². The number of anilines is 1. The lowest BCUT2D eigenvalue weighted by molar-refractivity contribution is -0.121. The highest BCUT2D eigenvalue weighted by Gasteiger charge is 2.36. The molecule has 0 radical (unpaired) electrons. The summed E-state index contributed by atoms with van der Waals surface area (Å²) in [5.74, 6) is -1.89. The van der Waals surface area contributed by atoms with Gasteiger partial charge in [0.15, 0.2) is 6.61 Å². The number of nitrogens with zero attached hydrogens (tertiary/aromatic N) is 2. The number of hydrogen-bond acceptors (Lipinski definition) is 5. The molecule has 2 aliphatic heterocycles. The Hall–Kier alpha value is -4.26. The summed E-state index contributed by atoms with van der Waals surface area (Å²) in [6, 6.07) is 21.1. The van der Waals surface area contributed by atoms with E-state index in [1.54, 1.807) is 4.90 Å². The van der Waals surface area contributed by atoms with E-state index in [4.69, 9.17) is 4.74 Å². The fourth-order valence-corrected chi connectivity index (χ4v) is 4.21. The summed E-state index contributed by atoms with van der Waals surface area (Å²) in [5.41, 5.74) is 3.26. The second kappa shape index (κ2) is 8.35. The third-order valence-corrected chi connectivity index (χ3v) is 5.90. The largest absolute Gasteiger partial charge is 0.452 e. The summed E-state index contributed by atoms with van der Waals surface area (Å²) in [6.45, 7) is 0.290. The first kappa shape index (κ1) is 20.6. The molecule has 0 atom stereocenters. The van der Waals surface area contributed by atoms with Crippen LogP contribution >= 0.6 is 0 Å². The molecule has 2 heterocycles. The molecule has 164 valence electrons. The third-order valence-electron chi connectivity index (χ3n) is 5.90. The van der Waals surface area contributed by atoms with Crippen LogP contribution in [0.4, 0.5) is 5.69 Å². The van der Waals surface area contributed by atoms with Gasteiger partial charge < -0.3 is 9.64 Å². The van der Waals surface area contributed by atoms with Crippen LogP contribution in [0.5, 0.6) is 0 Å². The molecule has 0 saturated heterocycles. The number of benzene rings is 3. The Balaban J connectivity index is 1.26. The van der Waals surface area contributed by atoms with Crippen LogP contribution in [0.2, 0.25) is 0 Å². The number of fused-ring (bicyclic) bond motifs is 2. The molecular formula is C26H20N2O5. The van der Waals surface area contributed by atoms with Crippen LogP contribution < -0.4 is 4.90 Å². The first-order valence-corrected chi connectivity index (χ1v) is 10.6. The van der Waals surface area contributed by atoms with Crippen molar-refractivity contribution in [2.75, 3.05) is 18.1 Å². The monoisotopic (exact) mass is 440 g/mol. The van der Waals surface area contributed by atoms with Gasteiger partial charge in [0.05, 0.1) is 23.2 Å². The summed E-state index contributed by atoms with van der Waals surface area (Å²) in [6.07, 6.45) is 0.760. The Morgan fingerprint density at radius 3 is 2.39 bits per heavy atom. The molecule has 0 spiro atoms. The lowest BCUT2D eigenvalue weighted by atomic mass is 10.1. The van der Waals surface area contributed by atoms with Crippen LogP contribution in [-0.2, 0) is 22.5 Å². The quantitative estimate of drug-likeness (QED) is 0.449. The predicted molar refractivity (Wildman–Crippen MR) is 120 cm³/mol. The number of carbonyl (C=O) groups excluding carboxylic acids is 4. The Morgan fingerprint density at radius 1 is 0.848 bits per heavy atom. The Morgan fingerprint density at radius 2 is 1.58 bits per heavy atom. The van der Waals surface area contributed by atoms with Gasteiger partial charge in [-0.1, -0.05) is 48.5 Å². The molecule has 0 aromatic heterocycles. The zero-order valence-electron chi connectivity index (χ0n) is 17.7. The van der Waals surface area contributed by atoms with E-state index in [-0.39, 0.29) is 29.1 Å². The molecule has 3 amide bonds. The van der Waals surface area contributed by atoms with Gasteiger partial charge in [-0.25, -0.2) is 4.79 Å². The molecule has 0 N–H and O–H groups in total. The highest BCUT2D eigenvalue weighted by molar-refractivity contribution is 6.21. The molecule has 33 heavy (non-hydrogen) atoms. The smallest absolute Gasteiger partial charge is 0.338 e.